The van der Waals surface area contributed by atoms with Gasteiger partial charge in [-0.3, -0.25) is 4.79 Å². The molecule has 0 aromatic heterocycles. The van der Waals surface area contributed by atoms with Crippen LogP contribution < -0.4 is 5.32 Å². The minimum atomic E-state index is -1.14. The number of nitrogens with one attached hydrogen (secondary N) is 1. The smallest absolute Gasteiger partial charge is 0.259 e. The molecular formula is C14H11F2NO2. The van der Waals surface area contributed by atoms with Crippen molar-refractivity contribution < 1.29 is 18.7 Å². The van der Waals surface area contributed by atoms with Gasteiger partial charge in [-0.15, -0.1) is 0 Å². The molecular weight excluding hydrogens is 252 g/mol. The van der Waals surface area contributed by atoms with Crippen LogP contribution in [-0.4, -0.2) is 11.0 Å². The summed E-state index contributed by atoms with van der Waals surface area (Å²) in [5.74, 6) is -3.07. The molecule has 0 radical (unpaired) electrons. The van der Waals surface area contributed by atoms with E-state index in [-0.39, 0.29) is 17.0 Å². The standard InChI is InChI=1S/C14H11F2NO2/c1-8-4-2-5-9(13(8)18)14(19)17-11-7-3-6-10(15)12(11)16/h2-7,18H,1H3,(H,17,19). The van der Waals surface area contributed by atoms with Gasteiger partial charge in [0.25, 0.3) is 5.91 Å². The predicted octanol–water partition coefficient (Wildman–Crippen LogP) is 3.23. The summed E-state index contributed by atoms with van der Waals surface area (Å²) < 4.78 is 26.4. The summed E-state index contributed by atoms with van der Waals surface area (Å²) in [6, 6.07) is 8.10. The largest absolute Gasteiger partial charge is 0.507 e. The molecule has 0 aliphatic heterocycles. The van der Waals surface area contributed by atoms with Gasteiger partial charge in [0.2, 0.25) is 0 Å². The summed E-state index contributed by atoms with van der Waals surface area (Å²) in [6.07, 6.45) is 0. The highest BCUT2D eigenvalue weighted by atomic mass is 19.2. The first-order chi connectivity index (χ1) is 9.00. The Bertz CT molecular complexity index is 641. The van der Waals surface area contributed by atoms with Crippen LogP contribution >= 0.6 is 0 Å². The Balaban J connectivity index is 2.31. The van der Waals surface area contributed by atoms with Gasteiger partial charge in [-0.1, -0.05) is 18.2 Å². The van der Waals surface area contributed by atoms with E-state index in [4.69, 9.17) is 0 Å². The molecule has 1 amide bonds. The number of benzene rings is 2. The van der Waals surface area contributed by atoms with Crippen LogP contribution in [0.1, 0.15) is 15.9 Å². The van der Waals surface area contributed by atoms with Crippen molar-refractivity contribution in [2.75, 3.05) is 5.32 Å². The highest BCUT2D eigenvalue weighted by molar-refractivity contribution is 6.06. The number of carbonyl (C=O) groups excluding carboxylic acids is 1. The number of hydrogen-bond acceptors (Lipinski definition) is 2. The number of phenols is 1. The summed E-state index contributed by atoms with van der Waals surface area (Å²) in [6.45, 7) is 1.63. The molecule has 3 nitrogen and oxygen atoms in total. The quantitative estimate of drug-likeness (QED) is 0.873. The van der Waals surface area contributed by atoms with E-state index in [2.05, 4.69) is 5.32 Å². The number of aryl methyl sites for hydroxylation is 1. The molecule has 0 saturated carbocycles. The molecule has 2 rings (SSSR count). The average molecular weight is 263 g/mol. The first kappa shape index (κ1) is 13.0. The van der Waals surface area contributed by atoms with E-state index in [0.29, 0.717) is 5.56 Å². The number of carbonyl (C=O) groups is 1. The topological polar surface area (TPSA) is 49.3 Å². The molecule has 2 aromatic carbocycles. The third-order valence-electron chi connectivity index (χ3n) is 2.68. The number of aromatic hydroxyl groups is 1. The van der Waals surface area contributed by atoms with Crippen LogP contribution in [0.15, 0.2) is 36.4 Å². The van der Waals surface area contributed by atoms with Gasteiger partial charge in [0, 0.05) is 0 Å². The maximum absolute atomic E-state index is 13.4. The van der Waals surface area contributed by atoms with Crippen molar-refractivity contribution in [3.63, 3.8) is 0 Å². The Kier molecular flexibility index (Phi) is 3.46. The van der Waals surface area contributed by atoms with E-state index in [1.165, 1.54) is 18.2 Å². The molecule has 0 aliphatic rings. The number of phenolic OH excluding ortho intramolecular Hbond substituents is 1. The van der Waals surface area contributed by atoms with E-state index < -0.39 is 17.5 Å². The molecule has 2 N–H and O–H groups in total. The maximum Gasteiger partial charge on any atom is 0.259 e. The van der Waals surface area contributed by atoms with E-state index in [1.807, 2.05) is 0 Å². The Hall–Kier alpha value is -2.43. The molecule has 0 fully saturated rings. The molecule has 19 heavy (non-hydrogen) atoms. The van der Waals surface area contributed by atoms with Gasteiger partial charge in [-0.05, 0) is 30.7 Å². The molecule has 0 saturated heterocycles. The first-order valence-corrected chi connectivity index (χ1v) is 5.54. The van der Waals surface area contributed by atoms with Crippen molar-refractivity contribution in [3.8, 4) is 5.75 Å². The van der Waals surface area contributed by atoms with Gasteiger partial charge >= 0.3 is 0 Å². The minimum absolute atomic E-state index is 0.00339. The van der Waals surface area contributed by atoms with Crippen molar-refractivity contribution in [1.82, 2.24) is 0 Å². The van der Waals surface area contributed by atoms with Crippen LogP contribution in [0, 0.1) is 18.6 Å². The van der Waals surface area contributed by atoms with Gasteiger partial charge in [-0.25, -0.2) is 8.78 Å². The van der Waals surface area contributed by atoms with Crippen LogP contribution in [-0.2, 0) is 0 Å². The average Bonchev–Trinajstić information content (AvgIpc) is 2.38. The number of para-hydroxylation sites is 1. The fraction of sp³-hybridized carbons (Fsp3) is 0.0714. The molecule has 0 bridgehead atoms. The summed E-state index contributed by atoms with van der Waals surface area (Å²) in [7, 11) is 0. The summed E-state index contributed by atoms with van der Waals surface area (Å²) in [5.41, 5.74) is 0.252. The fourth-order valence-electron chi connectivity index (χ4n) is 1.63. The zero-order chi connectivity index (χ0) is 14.0. The Morgan fingerprint density at radius 3 is 2.58 bits per heavy atom. The summed E-state index contributed by atoms with van der Waals surface area (Å²) in [5, 5.41) is 12.0. The van der Waals surface area contributed by atoms with Gasteiger partial charge in [-0.2, -0.15) is 0 Å². The molecule has 0 unspecified atom stereocenters. The van der Waals surface area contributed by atoms with Crippen molar-refractivity contribution in [2.45, 2.75) is 6.92 Å². The molecule has 0 atom stereocenters. The van der Waals surface area contributed by atoms with E-state index >= 15 is 0 Å². The molecule has 0 spiro atoms. The highest BCUT2D eigenvalue weighted by Gasteiger charge is 2.15. The van der Waals surface area contributed by atoms with E-state index in [0.717, 1.165) is 6.07 Å². The zero-order valence-electron chi connectivity index (χ0n) is 10.1. The number of anilines is 1. The normalized spacial score (nSPS) is 10.3. The number of rotatable bonds is 2. The van der Waals surface area contributed by atoms with Crippen molar-refractivity contribution >= 4 is 11.6 Å². The molecule has 98 valence electrons. The lowest BCUT2D eigenvalue weighted by atomic mass is 10.1. The summed E-state index contributed by atoms with van der Waals surface area (Å²) in [4.78, 5) is 11.9. The van der Waals surface area contributed by atoms with Crippen LogP contribution in [0.5, 0.6) is 5.75 Å². The van der Waals surface area contributed by atoms with Gasteiger partial charge in [0.05, 0.1) is 11.3 Å². The fourth-order valence-corrected chi connectivity index (χ4v) is 1.63. The molecule has 0 aliphatic carbocycles. The third kappa shape index (κ3) is 2.54. The maximum atomic E-state index is 13.4. The van der Waals surface area contributed by atoms with Crippen LogP contribution in [0.3, 0.4) is 0 Å². The van der Waals surface area contributed by atoms with E-state index in [9.17, 15) is 18.7 Å². The van der Waals surface area contributed by atoms with Crippen molar-refractivity contribution in [2.24, 2.45) is 0 Å². The monoisotopic (exact) mass is 263 g/mol. The predicted molar refractivity (Wildman–Crippen MR) is 67.2 cm³/mol. The van der Waals surface area contributed by atoms with Crippen LogP contribution in [0.25, 0.3) is 0 Å². The Morgan fingerprint density at radius 2 is 1.84 bits per heavy atom. The van der Waals surface area contributed by atoms with Crippen molar-refractivity contribution in [3.05, 3.63) is 59.2 Å². The van der Waals surface area contributed by atoms with E-state index in [1.54, 1.807) is 19.1 Å². The van der Waals surface area contributed by atoms with Gasteiger partial charge in [0.15, 0.2) is 11.6 Å². The number of amides is 1. The lowest BCUT2D eigenvalue weighted by Gasteiger charge is -2.09. The molecule has 0 heterocycles. The second-order valence-electron chi connectivity index (χ2n) is 4.03. The van der Waals surface area contributed by atoms with Gasteiger partial charge in [0.1, 0.15) is 5.75 Å². The lowest BCUT2D eigenvalue weighted by molar-refractivity contribution is 0.102. The second-order valence-corrected chi connectivity index (χ2v) is 4.03. The van der Waals surface area contributed by atoms with Crippen LogP contribution in [0.4, 0.5) is 14.5 Å². The second kappa shape index (κ2) is 5.06. The third-order valence-corrected chi connectivity index (χ3v) is 2.68. The Labute approximate surface area is 108 Å². The Morgan fingerprint density at radius 1 is 1.16 bits per heavy atom. The van der Waals surface area contributed by atoms with Crippen LogP contribution in [0.2, 0.25) is 0 Å². The molecule has 2 aromatic rings. The first-order valence-electron chi connectivity index (χ1n) is 5.54. The number of halogens is 2. The number of hydrogen-bond donors (Lipinski definition) is 2. The van der Waals surface area contributed by atoms with Crippen molar-refractivity contribution in [1.29, 1.82) is 0 Å². The highest BCUT2D eigenvalue weighted by Crippen LogP contribution is 2.23. The summed E-state index contributed by atoms with van der Waals surface area (Å²) >= 11 is 0. The zero-order valence-corrected chi connectivity index (χ0v) is 10.1. The minimum Gasteiger partial charge on any atom is -0.507 e. The SMILES string of the molecule is Cc1cccc(C(=O)Nc2cccc(F)c2F)c1O. The molecule has 5 heteroatoms. The van der Waals surface area contributed by atoms with Gasteiger partial charge < -0.3 is 10.4 Å². The lowest BCUT2D eigenvalue weighted by Crippen LogP contribution is -2.14.